The Labute approximate surface area is 188 Å². The molecule has 5 rings (SSSR count). The van der Waals surface area contributed by atoms with Crippen LogP contribution >= 0.6 is 0 Å². The highest BCUT2D eigenvalue weighted by molar-refractivity contribution is 6.03. The number of benzene rings is 2. The smallest absolute Gasteiger partial charge is 0.326 e. The van der Waals surface area contributed by atoms with Gasteiger partial charge in [-0.25, -0.2) is 4.79 Å². The minimum absolute atomic E-state index is 0.0333. The van der Waals surface area contributed by atoms with Gasteiger partial charge in [0.15, 0.2) is 5.79 Å². The highest BCUT2D eigenvalue weighted by Gasteiger charge is 2.40. The summed E-state index contributed by atoms with van der Waals surface area (Å²) in [7, 11) is 0. The molecule has 3 heterocycles. The first kappa shape index (κ1) is 21.0. The van der Waals surface area contributed by atoms with Crippen LogP contribution in [0.25, 0.3) is 0 Å². The topological polar surface area (TPSA) is 71.1 Å². The molecule has 0 aliphatic carbocycles. The van der Waals surface area contributed by atoms with Crippen LogP contribution in [0.1, 0.15) is 41.6 Å². The van der Waals surface area contributed by atoms with Crippen molar-refractivity contribution in [1.82, 2.24) is 4.90 Å². The fourth-order valence-corrected chi connectivity index (χ4v) is 4.84. The summed E-state index contributed by atoms with van der Waals surface area (Å²) in [6.45, 7) is 3.12. The molecule has 7 nitrogen and oxygen atoms in total. The largest absolute Gasteiger partial charge is 0.347 e. The van der Waals surface area contributed by atoms with Gasteiger partial charge >= 0.3 is 6.03 Å². The summed E-state index contributed by atoms with van der Waals surface area (Å²) >= 11 is 0. The number of amides is 3. The average molecular weight is 436 g/mol. The molecular formula is C25H29N3O4. The first-order valence-electron chi connectivity index (χ1n) is 11.5. The van der Waals surface area contributed by atoms with Crippen molar-refractivity contribution >= 4 is 23.3 Å². The molecule has 0 aromatic heterocycles. The van der Waals surface area contributed by atoms with E-state index in [-0.39, 0.29) is 11.9 Å². The van der Waals surface area contributed by atoms with Gasteiger partial charge in [-0.3, -0.25) is 9.69 Å². The third-order valence-electron chi connectivity index (χ3n) is 6.59. The number of likely N-dealkylation sites (tertiary alicyclic amines) is 1. The third-order valence-corrected chi connectivity index (χ3v) is 6.59. The molecule has 32 heavy (non-hydrogen) atoms. The van der Waals surface area contributed by atoms with Crippen molar-refractivity contribution < 1.29 is 19.1 Å². The van der Waals surface area contributed by atoms with E-state index in [1.165, 1.54) is 5.56 Å². The van der Waals surface area contributed by atoms with E-state index < -0.39 is 5.79 Å². The van der Waals surface area contributed by atoms with Gasteiger partial charge in [-0.05, 0) is 49.1 Å². The summed E-state index contributed by atoms with van der Waals surface area (Å²) in [5, 5.41) is 2.99. The van der Waals surface area contributed by atoms with E-state index >= 15 is 0 Å². The Morgan fingerprint density at radius 1 is 0.906 bits per heavy atom. The van der Waals surface area contributed by atoms with Crippen molar-refractivity contribution in [2.24, 2.45) is 0 Å². The zero-order valence-corrected chi connectivity index (χ0v) is 18.2. The maximum atomic E-state index is 13.1. The number of nitrogens with one attached hydrogen (secondary N) is 1. The second kappa shape index (κ2) is 8.92. The molecule has 1 spiro atoms. The molecule has 0 bridgehead atoms. The van der Waals surface area contributed by atoms with Gasteiger partial charge < -0.3 is 19.7 Å². The SMILES string of the molecule is O=C(c1cccc(NC(=O)N2CCCCc3ccccc32)c1)N1CCC2(CC1)OCCO2. The molecule has 2 aromatic carbocycles. The normalized spacial score (nSPS) is 20.0. The van der Waals surface area contributed by atoms with Gasteiger partial charge in [0.25, 0.3) is 5.91 Å². The Hall–Kier alpha value is -2.90. The summed E-state index contributed by atoms with van der Waals surface area (Å²) in [6.07, 6.45) is 4.38. The Bertz CT molecular complexity index is 992. The van der Waals surface area contributed by atoms with Gasteiger partial charge in [0, 0.05) is 49.4 Å². The summed E-state index contributed by atoms with van der Waals surface area (Å²) < 4.78 is 11.5. The van der Waals surface area contributed by atoms with Gasteiger partial charge in [-0.1, -0.05) is 24.3 Å². The van der Waals surface area contributed by atoms with Gasteiger partial charge in [-0.2, -0.15) is 0 Å². The predicted octanol–water partition coefficient (Wildman–Crippen LogP) is 4.04. The Balaban J connectivity index is 1.26. The highest BCUT2D eigenvalue weighted by atomic mass is 16.7. The van der Waals surface area contributed by atoms with Gasteiger partial charge in [0.2, 0.25) is 0 Å². The number of anilines is 2. The van der Waals surface area contributed by atoms with Crippen molar-refractivity contribution in [2.75, 3.05) is 43.1 Å². The van der Waals surface area contributed by atoms with E-state index in [4.69, 9.17) is 9.47 Å². The van der Waals surface area contributed by atoms with Crippen molar-refractivity contribution in [3.05, 3.63) is 59.7 Å². The third kappa shape index (κ3) is 4.23. The van der Waals surface area contributed by atoms with E-state index in [2.05, 4.69) is 11.4 Å². The van der Waals surface area contributed by atoms with Crippen LogP contribution in [0.4, 0.5) is 16.2 Å². The van der Waals surface area contributed by atoms with E-state index in [0.29, 0.717) is 56.9 Å². The lowest BCUT2D eigenvalue weighted by atomic mass is 10.0. The number of rotatable bonds is 2. The first-order valence-corrected chi connectivity index (χ1v) is 11.5. The van der Waals surface area contributed by atoms with E-state index in [0.717, 1.165) is 24.9 Å². The lowest BCUT2D eigenvalue weighted by molar-refractivity contribution is -0.181. The Morgan fingerprint density at radius 3 is 2.50 bits per heavy atom. The summed E-state index contributed by atoms with van der Waals surface area (Å²) in [4.78, 5) is 29.8. The predicted molar refractivity (Wildman–Crippen MR) is 122 cm³/mol. The maximum absolute atomic E-state index is 13.1. The molecule has 1 N–H and O–H groups in total. The van der Waals surface area contributed by atoms with Crippen LogP contribution in [0.5, 0.6) is 0 Å². The van der Waals surface area contributed by atoms with E-state index in [9.17, 15) is 9.59 Å². The maximum Gasteiger partial charge on any atom is 0.326 e. The van der Waals surface area contributed by atoms with Gasteiger partial charge in [0.05, 0.1) is 13.2 Å². The molecule has 0 radical (unpaired) electrons. The zero-order valence-electron chi connectivity index (χ0n) is 18.2. The highest BCUT2D eigenvalue weighted by Crippen LogP contribution is 2.32. The Morgan fingerprint density at radius 2 is 1.69 bits per heavy atom. The summed E-state index contributed by atoms with van der Waals surface area (Å²) in [5.74, 6) is -0.537. The number of piperidine rings is 1. The summed E-state index contributed by atoms with van der Waals surface area (Å²) in [5.41, 5.74) is 3.36. The van der Waals surface area contributed by atoms with Crippen molar-refractivity contribution in [3.63, 3.8) is 0 Å². The minimum Gasteiger partial charge on any atom is -0.347 e. The number of fused-ring (bicyclic) bond motifs is 1. The van der Waals surface area contributed by atoms with Gasteiger partial charge in [-0.15, -0.1) is 0 Å². The molecule has 0 atom stereocenters. The van der Waals surface area contributed by atoms with E-state index in [1.807, 2.05) is 40.1 Å². The summed E-state index contributed by atoms with van der Waals surface area (Å²) in [6, 6.07) is 15.1. The number of aryl methyl sites for hydroxylation is 1. The molecule has 2 aromatic rings. The first-order chi connectivity index (χ1) is 15.6. The zero-order chi connectivity index (χ0) is 22.0. The van der Waals surface area contributed by atoms with Crippen LogP contribution < -0.4 is 10.2 Å². The molecule has 7 heteroatoms. The minimum atomic E-state index is -0.504. The number of nitrogens with zero attached hydrogens (tertiary/aromatic N) is 2. The van der Waals surface area contributed by atoms with Crippen LogP contribution in [0.3, 0.4) is 0 Å². The molecule has 0 unspecified atom stereocenters. The van der Waals surface area contributed by atoms with Crippen LogP contribution in [-0.4, -0.2) is 55.5 Å². The second-order valence-electron chi connectivity index (χ2n) is 8.65. The van der Waals surface area contributed by atoms with Gasteiger partial charge in [0.1, 0.15) is 0 Å². The number of carbonyl (C=O) groups is 2. The number of para-hydroxylation sites is 1. The fourth-order valence-electron chi connectivity index (χ4n) is 4.84. The molecule has 0 saturated carbocycles. The number of urea groups is 1. The number of hydrogen-bond acceptors (Lipinski definition) is 4. The molecule has 3 aliphatic rings. The van der Waals surface area contributed by atoms with Crippen LogP contribution in [0, 0.1) is 0 Å². The lowest BCUT2D eigenvalue weighted by Gasteiger charge is -2.37. The number of hydrogen-bond donors (Lipinski definition) is 1. The van der Waals surface area contributed by atoms with E-state index in [1.54, 1.807) is 12.1 Å². The molecule has 2 saturated heterocycles. The standard InChI is InChI=1S/C25H29N3O4/c29-23(27-14-11-25(12-15-27)31-16-17-32-25)20-8-5-9-21(18-20)26-24(30)28-13-4-3-7-19-6-1-2-10-22(19)28/h1-2,5-6,8-10,18H,3-4,7,11-17H2,(H,26,30). The number of ether oxygens (including phenoxy) is 2. The van der Waals surface area contributed by atoms with Crippen LogP contribution in [0.15, 0.2) is 48.5 Å². The lowest BCUT2D eigenvalue weighted by Crippen LogP contribution is -2.47. The molecule has 3 aliphatic heterocycles. The monoisotopic (exact) mass is 435 g/mol. The molecular weight excluding hydrogens is 406 g/mol. The quantitative estimate of drug-likeness (QED) is 0.773. The molecule has 168 valence electrons. The van der Waals surface area contributed by atoms with Crippen molar-refractivity contribution in [3.8, 4) is 0 Å². The van der Waals surface area contributed by atoms with Crippen molar-refractivity contribution in [1.29, 1.82) is 0 Å². The Kier molecular flexibility index (Phi) is 5.85. The number of carbonyl (C=O) groups excluding carboxylic acids is 2. The fraction of sp³-hybridized carbons (Fsp3) is 0.440. The second-order valence-corrected chi connectivity index (χ2v) is 8.65. The van der Waals surface area contributed by atoms with Crippen LogP contribution in [-0.2, 0) is 15.9 Å². The van der Waals surface area contributed by atoms with Crippen LogP contribution in [0.2, 0.25) is 0 Å². The molecule has 3 amide bonds. The average Bonchev–Trinajstić information content (AvgIpc) is 3.16. The van der Waals surface area contributed by atoms with Crippen molar-refractivity contribution in [2.45, 2.75) is 37.9 Å². The molecule has 2 fully saturated rings.